The van der Waals surface area contributed by atoms with Gasteiger partial charge in [0.05, 0.1) is 21.3 Å². The number of ether oxygens (including phenoxy) is 3. The van der Waals surface area contributed by atoms with Crippen LogP contribution in [-0.2, 0) is 6.42 Å². The van der Waals surface area contributed by atoms with Crippen molar-refractivity contribution in [3.63, 3.8) is 0 Å². The van der Waals surface area contributed by atoms with Gasteiger partial charge in [0.25, 0.3) is 0 Å². The predicted octanol–water partition coefficient (Wildman–Crippen LogP) is 3.10. The average Bonchev–Trinajstić information content (AvgIpc) is 2.47. The van der Waals surface area contributed by atoms with Crippen molar-refractivity contribution < 1.29 is 14.2 Å². The Morgan fingerprint density at radius 2 is 1.58 bits per heavy atom. The molecule has 0 aliphatic rings. The Kier molecular flexibility index (Phi) is 4.29. The summed E-state index contributed by atoms with van der Waals surface area (Å²) < 4.78 is 16.0. The van der Waals surface area contributed by atoms with Crippen LogP contribution in [0.5, 0.6) is 17.2 Å². The largest absolute Gasteiger partial charge is 0.492 e. The summed E-state index contributed by atoms with van der Waals surface area (Å²) >= 11 is 0. The van der Waals surface area contributed by atoms with Crippen LogP contribution in [0.4, 0.5) is 0 Å². The van der Waals surface area contributed by atoms with Crippen molar-refractivity contribution in [2.45, 2.75) is 6.42 Å². The molecule has 0 aromatic heterocycles. The van der Waals surface area contributed by atoms with E-state index in [-0.39, 0.29) is 0 Å². The normalized spacial score (nSPS) is 10.1. The van der Waals surface area contributed by atoms with Gasteiger partial charge in [-0.1, -0.05) is 30.3 Å². The summed E-state index contributed by atoms with van der Waals surface area (Å²) in [5.41, 5.74) is 2.23. The third-order valence-electron chi connectivity index (χ3n) is 2.93. The van der Waals surface area contributed by atoms with Crippen molar-refractivity contribution in [2.75, 3.05) is 21.3 Å². The molecule has 0 fully saturated rings. The molecule has 2 aromatic rings. The zero-order valence-electron chi connectivity index (χ0n) is 11.4. The number of hydrogen-bond acceptors (Lipinski definition) is 3. The highest BCUT2D eigenvalue weighted by molar-refractivity contribution is 5.56. The summed E-state index contributed by atoms with van der Waals surface area (Å²) in [5, 5.41) is 0. The van der Waals surface area contributed by atoms with Crippen LogP contribution in [0.2, 0.25) is 0 Å². The van der Waals surface area contributed by atoms with Gasteiger partial charge in [0.2, 0.25) is 5.75 Å². The van der Waals surface area contributed by atoms with E-state index in [4.69, 9.17) is 14.2 Å². The number of hydrogen-bond donors (Lipinski definition) is 0. The lowest BCUT2D eigenvalue weighted by Gasteiger charge is -2.15. The van der Waals surface area contributed by atoms with Crippen molar-refractivity contribution in [3.8, 4) is 17.2 Å². The van der Waals surface area contributed by atoms with Crippen LogP contribution >= 0.6 is 0 Å². The maximum Gasteiger partial charge on any atom is 0.204 e. The smallest absolute Gasteiger partial charge is 0.204 e. The molecule has 0 bridgehead atoms. The van der Waals surface area contributed by atoms with Crippen molar-refractivity contribution in [1.29, 1.82) is 0 Å². The van der Waals surface area contributed by atoms with E-state index in [2.05, 4.69) is 18.2 Å². The highest BCUT2D eigenvalue weighted by atomic mass is 16.5. The molecule has 99 valence electrons. The Bertz CT molecular complexity index is 535. The van der Waals surface area contributed by atoms with Crippen molar-refractivity contribution >= 4 is 0 Å². The van der Waals surface area contributed by atoms with Crippen molar-refractivity contribution in [1.82, 2.24) is 0 Å². The summed E-state index contributed by atoms with van der Waals surface area (Å²) in [5.74, 6) is 1.83. The lowest BCUT2D eigenvalue weighted by Crippen LogP contribution is -1.99. The minimum Gasteiger partial charge on any atom is -0.492 e. The van der Waals surface area contributed by atoms with Crippen LogP contribution < -0.4 is 14.2 Å². The molecule has 0 N–H and O–H groups in total. The molecule has 3 nitrogen and oxygen atoms in total. The lowest BCUT2D eigenvalue weighted by molar-refractivity contribution is 0.322. The topological polar surface area (TPSA) is 27.7 Å². The fourth-order valence-electron chi connectivity index (χ4n) is 2.04. The third-order valence-corrected chi connectivity index (χ3v) is 2.93. The maximum absolute atomic E-state index is 5.46. The fourth-order valence-corrected chi connectivity index (χ4v) is 2.04. The van der Waals surface area contributed by atoms with E-state index in [0.717, 1.165) is 12.0 Å². The molecule has 0 aliphatic heterocycles. The van der Waals surface area contributed by atoms with Crippen LogP contribution in [0.3, 0.4) is 0 Å². The molecule has 0 aliphatic carbocycles. The number of methoxy groups -OCH3 is 3. The van der Waals surface area contributed by atoms with Gasteiger partial charge in [0.15, 0.2) is 11.5 Å². The number of rotatable bonds is 5. The van der Waals surface area contributed by atoms with Crippen LogP contribution in [0.25, 0.3) is 0 Å². The fraction of sp³-hybridized carbons (Fsp3) is 0.250. The first-order valence-electron chi connectivity index (χ1n) is 6.03. The van der Waals surface area contributed by atoms with Gasteiger partial charge in [-0.3, -0.25) is 0 Å². The van der Waals surface area contributed by atoms with E-state index in [9.17, 15) is 0 Å². The Hall–Kier alpha value is -2.16. The molecule has 0 heterocycles. The zero-order chi connectivity index (χ0) is 13.7. The summed E-state index contributed by atoms with van der Waals surface area (Å²) in [6.07, 6.45) is 0.765. The van der Waals surface area contributed by atoms with Gasteiger partial charge in [-0.2, -0.15) is 0 Å². The highest BCUT2D eigenvalue weighted by Gasteiger charge is 2.16. The van der Waals surface area contributed by atoms with E-state index < -0.39 is 0 Å². The van der Waals surface area contributed by atoms with Gasteiger partial charge >= 0.3 is 0 Å². The molecule has 1 radical (unpaired) electrons. The predicted molar refractivity (Wildman–Crippen MR) is 74.2 cm³/mol. The van der Waals surface area contributed by atoms with Gasteiger partial charge in [-0.05, 0) is 11.6 Å². The quantitative estimate of drug-likeness (QED) is 0.823. The second-order valence-corrected chi connectivity index (χ2v) is 4.08. The van der Waals surface area contributed by atoms with Crippen molar-refractivity contribution in [3.05, 3.63) is 53.6 Å². The van der Waals surface area contributed by atoms with Crippen LogP contribution in [-0.4, -0.2) is 21.3 Å². The van der Waals surface area contributed by atoms with Crippen LogP contribution in [0.1, 0.15) is 11.1 Å². The summed E-state index contributed by atoms with van der Waals surface area (Å²) in [6.45, 7) is 0. The van der Waals surface area contributed by atoms with Gasteiger partial charge in [0.1, 0.15) is 0 Å². The standard InChI is InChI=1S/C16H17O3/c1-17-14-10-9-13(15(18-2)16(14)19-3)11-12-7-5-4-6-8-12/h4-9H,11H2,1-3H3. The van der Waals surface area contributed by atoms with Crippen molar-refractivity contribution in [2.24, 2.45) is 0 Å². The molecule has 0 spiro atoms. The second-order valence-electron chi connectivity index (χ2n) is 4.08. The molecule has 2 aromatic carbocycles. The minimum atomic E-state index is 0.552. The zero-order valence-corrected chi connectivity index (χ0v) is 11.4. The maximum atomic E-state index is 5.46. The van der Waals surface area contributed by atoms with E-state index >= 15 is 0 Å². The third kappa shape index (κ3) is 2.81. The molecular formula is C16H17O3. The van der Waals surface area contributed by atoms with E-state index in [1.807, 2.05) is 24.3 Å². The minimum absolute atomic E-state index is 0.552. The second kappa shape index (κ2) is 6.14. The molecule has 0 amide bonds. The monoisotopic (exact) mass is 257 g/mol. The summed E-state index contributed by atoms with van der Waals surface area (Å²) in [4.78, 5) is 0. The molecule has 0 saturated heterocycles. The average molecular weight is 257 g/mol. The Morgan fingerprint density at radius 3 is 2.16 bits per heavy atom. The van der Waals surface area contributed by atoms with E-state index in [0.29, 0.717) is 17.2 Å². The molecule has 0 unspecified atom stereocenters. The van der Waals surface area contributed by atoms with Gasteiger partial charge in [-0.25, -0.2) is 0 Å². The molecule has 2 rings (SSSR count). The van der Waals surface area contributed by atoms with E-state index in [1.165, 1.54) is 5.56 Å². The number of benzene rings is 2. The Labute approximate surface area is 113 Å². The molecular weight excluding hydrogens is 240 g/mol. The molecule has 19 heavy (non-hydrogen) atoms. The van der Waals surface area contributed by atoms with Gasteiger partial charge in [0, 0.05) is 18.1 Å². The van der Waals surface area contributed by atoms with Crippen LogP contribution in [0, 0.1) is 6.07 Å². The first-order valence-corrected chi connectivity index (χ1v) is 6.03. The molecule has 0 atom stereocenters. The SMILES string of the molecule is COc1[c]cc(Cc2ccccc2)c(OC)c1OC. The Balaban J connectivity index is 2.40. The highest BCUT2D eigenvalue weighted by Crippen LogP contribution is 2.40. The summed E-state index contributed by atoms with van der Waals surface area (Å²) in [6, 6.07) is 15.2. The van der Waals surface area contributed by atoms with Crippen LogP contribution in [0.15, 0.2) is 36.4 Å². The molecule has 0 saturated carbocycles. The lowest BCUT2D eigenvalue weighted by atomic mass is 10.0. The first-order chi connectivity index (χ1) is 9.30. The first kappa shape index (κ1) is 13.3. The summed E-state index contributed by atoms with van der Waals surface area (Å²) in [7, 11) is 4.82. The Morgan fingerprint density at radius 1 is 0.895 bits per heavy atom. The van der Waals surface area contributed by atoms with E-state index in [1.54, 1.807) is 21.3 Å². The molecule has 3 heteroatoms. The van der Waals surface area contributed by atoms with Gasteiger partial charge < -0.3 is 14.2 Å². The van der Waals surface area contributed by atoms with Gasteiger partial charge in [-0.15, -0.1) is 0 Å².